The highest BCUT2D eigenvalue weighted by atomic mass is 16.5. The summed E-state index contributed by atoms with van der Waals surface area (Å²) in [7, 11) is 0. The van der Waals surface area contributed by atoms with Crippen LogP contribution in [0, 0.1) is 5.92 Å². The summed E-state index contributed by atoms with van der Waals surface area (Å²) in [5.74, 6) is 0.893. The molecule has 1 aromatic carbocycles. The fourth-order valence-electron chi connectivity index (χ4n) is 1.42. The van der Waals surface area contributed by atoms with Gasteiger partial charge < -0.3 is 14.6 Å². The van der Waals surface area contributed by atoms with Crippen LogP contribution in [-0.2, 0) is 20.7 Å². The van der Waals surface area contributed by atoms with Gasteiger partial charge in [-0.3, -0.25) is 4.79 Å². The number of phenolic OH excluding ortho intramolecular Hbond substituents is 1. The number of aryl methyl sites for hydroxylation is 1. The van der Waals surface area contributed by atoms with Crippen LogP contribution in [0.2, 0.25) is 0 Å². The smallest absolute Gasteiger partial charge is 0.302 e. The first-order valence-corrected chi connectivity index (χ1v) is 7.22. The molecule has 1 N–H and O–H groups in total. The zero-order valence-corrected chi connectivity index (χ0v) is 13.4. The van der Waals surface area contributed by atoms with Gasteiger partial charge in [0, 0.05) is 13.3 Å². The molecule has 21 heavy (non-hydrogen) atoms. The van der Waals surface area contributed by atoms with Crippen molar-refractivity contribution in [2.24, 2.45) is 5.92 Å². The molecule has 0 amide bonds. The van der Waals surface area contributed by atoms with Crippen LogP contribution in [-0.4, -0.2) is 23.5 Å². The van der Waals surface area contributed by atoms with Crippen LogP contribution in [0.4, 0.5) is 0 Å². The molecule has 0 aliphatic carbocycles. The fraction of sp³-hybridized carbons (Fsp3) is 0.529. The molecule has 0 aliphatic rings. The van der Waals surface area contributed by atoms with Crippen LogP contribution in [0.15, 0.2) is 24.3 Å². The molecule has 4 nitrogen and oxygen atoms in total. The van der Waals surface area contributed by atoms with Crippen molar-refractivity contribution in [2.75, 3.05) is 6.61 Å². The van der Waals surface area contributed by atoms with E-state index in [4.69, 9.17) is 9.84 Å². The third-order valence-electron chi connectivity index (χ3n) is 2.70. The van der Waals surface area contributed by atoms with Gasteiger partial charge in [0.2, 0.25) is 0 Å². The molecule has 4 heteroatoms. The van der Waals surface area contributed by atoms with Gasteiger partial charge in [0.05, 0.1) is 6.61 Å². The molecule has 0 radical (unpaired) electrons. The van der Waals surface area contributed by atoms with E-state index in [0.29, 0.717) is 18.9 Å². The standard InChI is InChI=1S/C10H12O2.C7H14O2/c1-8(11)2-3-9-4-6-10(12)7-5-9;1-6(2)4-5-9-7(3)8/h4-7,12H,2-3H2,1H3;6H,4-5H2,1-3H3. The van der Waals surface area contributed by atoms with E-state index < -0.39 is 0 Å². The Morgan fingerprint density at radius 3 is 2.14 bits per heavy atom. The van der Waals surface area contributed by atoms with Crippen LogP contribution in [0.5, 0.6) is 5.75 Å². The average molecular weight is 294 g/mol. The topological polar surface area (TPSA) is 63.6 Å². The van der Waals surface area contributed by atoms with Gasteiger partial charge in [-0.05, 0) is 43.4 Å². The maximum atomic E-state index is 10.6. The molecule has 118 valence electrons. The summed E-state index contributed by atoms with van der Waals surface area (Å²) < 4.78 is 4.71. The Morgan fingerprint density at radius 2 is 1.71 bits per heavy atom. The van der Waals surface area contributed by atoms with Crippen molar-refractivity contribution in [3.05, 3.63) is 29.8 Å². The van der Waals surface area contributed by atoms with Crippen LogP contribution in [0.1, 0.15) is 46.1 Å². The number of aromatic hydroxyl groups is 1. The first kappa shape index (κ1) is 19.2. The molecule has 0 aromatic heterocycles. The molecule has 0 fully saturated rings. The number of ketones is 1. The van der Waals surface area contributed by atoms with Crippen molar-refractivity contribution >= 4 is 11.8 Å². The van der Waals surface area contributed by atoms with Crippen molar-refractivity contribution in [3.63, 3.8) is 0 Å². The van der Waals surface area contributed by atoms with E-state index in [-0.39, 0.29) is 17.5 Å². The van der Waals surface area contributed by atoms with E-state index >= 15 is 0 Å². The van der Waals surface area contributed by atoms with Crippen molar-refractivity contribution < 1.29 is 19.4 Å². The predicted octanol–water partition coefficient (Wildman–Crippen LogP) is 3.51. The molecule has 0 saturated heterocycles. The number of rotatable bonds is 6. The SMILES string of the molecule is CC(=O)CCc1ccc(O)cc1.CC(=O)OCCC(C)C. The van der Waals surface area contributed by atoms with Crippen LogP contribution in [0.25, 0.3) is 0 Å². The zero-order chi connectivity index (χ0) is 16.3. The number of benzene rings is 1. The predicted molar refractivity (Wildman–Crippen MR) is 83.2 cm³/mol. The van der Waals surface area contributed by atoms with Crippen molar-refractivity contribution in [3.8, 4) is 5.75 Å². The fourth-order valence-corrected chi connectivity index (χ4v) is 1.42. The summed E-state index contributed by atoms with van der Waals surface area (Å²) in [4.78, 5) is 20.8. The number of carbonyl (C=O) groups excluding carboxylic acids is 2. The average Bonchev–Trinajstić information content (AvgIpc) is 2.38. The second kappa shape index (κ2) is 10.9. The molecule has 0 spiro atoms. The first-order chi connectivity index (χ1) is 9.81. The third kappa shape index (κ3) is 12.9. The number of carbonyl (C=O) groups is 2. The van der Waals surface area contributed by atoms with Gasteiger partial charge in [0.15, 0.2) is 0 Å². The highest BCUT2D eigenvalue weighted by Crippen LogP contribution is 2.10. The molecule has 0 bridgehead atoms. The monoisotopic (exact) mass is 294 g/mol. The Morgan fingerprint density at radius 1 is 1.14 bits per heavy atom. The minimum absolute atomic E-state index is 0.185. The van der Waals surface area contributed by atoms with Crippen molar-refractivity contribution in [1.29, 1.82) is 0 Å². The van der Waals surface area contributed by atoms with Gasteiger partial charge in [-0.1, -0.05) is 26.0 Å². The number of ether oxygens (including phenoxy) is 1. The highest BCUT2D eigenvalue weighted by Gasteiger charge is 1.96. The number of esters is 1. The second-order valence-corrected chi connectivity index (χ2v) is 5.39. The molecule has 1 rings (SSSR count). The van der Waals surface area contributed by atoms with E-state index in [1.165, 1.54) is 6.92 Å². The minimum atomic E-state index is -0.185. The van der Waals surface area contributed by atoms with E-state index in [1.807, 2.05) is 12.1 Å². The lowest BCUT2D eigenvalue weighted by Crippen LogP contribution is -2.02. The largest absolute Gasteiger partial charge is 0.508 e. The summed E-state index contributed by atoms with van der Waals surface area (Å²) in [5, 5.41) is 8.97. The molecule has 0 atom stereocenters. The quantitative estimate of drug-likeness (QED) is 0.815. The van der Waals surface area contributed by atoms with Crippen molar-refractivity contribution in [2.45, 2.75) is 47.0 Å². The summed E-state index contributed by atoms with van der Waals surface area (Å²) >= 11 is 0. The second-order valence-electron chi connectivity index (χ2n) is 5.39. The van der Waals surface area contributed by atoms with Gasteiger partial charge in [-0.15, -0.1) is 0 Å². The maximum absolute atomic E-state index is 10.6. The van der Waals surface area contributed by atoms with E-state index in [1.54, 1.807) is 19.1 Å². The molecule has 1 aromatic rings. The van der Waals surface area contributed by atoms with Gasteiger partial charge in [0.1, 0.15) is 11.5 Å². The third-order valence-corrected chi connectivity index (χ3v) is 2.70. The van der Waals surface area contributed by atoms with Gasteiger partial charge in [-0.25, -0.2) is 0 Å². The van der Waals surface area contributed by atoms with E-state index in [0.717, 1.165) is 18.4 Å². The molecule has 0 saturated carbocycles. The highest BCUT2D eigenvalue weighted by molar-refractivity contribution is 5.75. The number of phenols is 1. The molecule has 0 aliphatic heterocycles. The molecular weight excluding hydrogens is 268 g/mol. The van der Waals surface area contributed by atoms with Crippen LogP contribution < -0.4 is 0 Å². The van der Waals surface area contributed by atoms with Gasteiger partial charge >= 0.3 is 5.97 Å². The van der Waals surface area contributed by atoms with E-state index in [9.17, 15) is 9.59 Å². The van der Waals surface area contributed by atoms with Crippen molar-refractivity contribution in [1.82, 2.24) is 0 Å². The lowest BCUT2D eigenvalue weighted by atomic mass is 10.1. The lowest BCUT2D eigenvalue weighted by Gasteiger charge is -2.02. The van der Waals surface area contributed by atoms with Gasteiger partial charge in [-0.2, -0.15) is 0 Å². The Bertz CT molecular complexity index is 421. The zero-order valence-electron chi connectivity index (χ0n) is 13.4. The summed E-state index contributed by atoms with van der Waals surface area (Å²) in [6.45, 7) is 7.78. The Hall–Kier alpha value is -1.84. The Labute approximate surface area is 127 Å². The lowest BCUT2D eigenvalue weighted by molar-refractivity contribution is -0.141. The summed E-state index contributed by atoms with van der Waals surface area (Å²) in [6, 6.07) is 6.93. The van der Waals surface area contributed by atoms with E-state index in [2.05, 4.69) is 13.8 Å². The van der Waals surface area contributed by atoms with Crippen LogP contribution >= 0.6 is 0 Å². The number of hydrogen-bond acceptors (Lipinski definition) is 4. The molecule has 0 heterocycles. The Balaban J connectivity index is 0.000000400. The summed E-state index contributed by atoms with van der Waals surface area (Å²) in [5.41, 5.74) is 1.09. The first-order valence-electron chi connectivity index (χ1n) is 7.22. The Kier molecular flexibility index (Phi) is 9.94. The maximum Gasteiger partial charge on any atom is 0.302 e. The number of hydrogen-bond donors (Lipinski definition) is 1. The number of Topliss-reactive ketones (excluding diaryl/α,β-unsaturated/α-hetero) is 1. The molecular formula is C17H26O4. The molecule has 0 unspecified atom stereocenters. The normalized spacial score (nSPS) is 9.76. The van der Waals surface area contributed by atoms with Crippen LogP contribution in [0.3, 0.4) is 0 Å². The minimum Gasteiger partial charge on any atom is -0.508 e. The summed E-state index contributed by atoms with van der Waals surface area (Å²) in [6.07, 6.45) is 2.29. The van der Waals surface area contributed by atoms with Gasteiger partial charge in [0.25, 0.3) is 0 Å².